The van der Waals surface area contributed by atoms with Crippen molar-refractivity contribution in [2.45, 2.75) is 11.1 Å². The fourth-order valence-corrected chi connectivity index (χ4v) is 2.08. The summed E-state index contributed by atoms with van der Waals surface area (Å²) in [6, 6.07) is 5.89. The van der Waals surface area contributed by atoms with Crippen LogP contribution in [0.2, 0.25) is 0 Å². The van der Waals surface area contributed by atoms with Crippen molar-refractivity contribution >= 4 is 22.7 Å². The third-order valence-electron chi connectivity index (χ3n) is 2.24. The van der Waals surface area contributed by atoms with Gasteiger partial charge in [0.2, 0.25) is 0 Å². The lowest BCUT2D eigenvalue weighted by Gasteiger charge is -2.10. The van der Waals surface area contributed by atoms with Gasteiger partial charge >= 0.3 is 12.1 Å². The molecule has 1 aromatic rings. The van der Waals surface area contributed by atoms with E-state index in [4.69, 9.17) is 0 Å². The van der Waals surface area contributed by atoms with E-state index in [1.54, 1.807) is 11.4 Å². The first-order chi connectivity index (χ1) is 9.70. The van der Waals surface area contributed by atoms with E-state index in [2.05, 4.69) is 4.74 Å². The molecule has 0 fully saturated rings. The standard InChI is InChI=1S/C12H12F3NO4S/c1-21(19)9-5-3-2-4-8(9)11(18)20-6-10(17)16-7-12(13,14)15/h2-5H,6-7H2,1H3,(H,16,17)/t21-/m1/s1. The average molecular weight is 323 g/mol. The average Bonchev–Trinajstić information content (AvgIpc) is 2.41. The fraction of sp³-hybridized carbons (Fsp3) is 0.333. The lowest BCUT2D eigenvalue weighted by molar-refractivity contribution is -0.140. The Balaban J connectivity index is 2.59. The van der Waals surface area contributed by atoms with Crippen LogP contribution in [0.4, 0.5) is 13.2 Å². The summed E-state index contributed by atoms with van der Waals surface area (Å²) in [5, 5.41) is 1.57. The summed E-state index contributed by atoms with van der Waals surface area (Å²) in [5.74, 6) is -2.00. The van der Waals surface area contributed by atoms with Crippen molar-refractivity contribution in [1.29, 1.82) is 0 Å². The van der Waals surface area contributed by atoms with Gasteiger partial charge in [0.05, 0.1) is 21.3 Å². The number of nitrogens with one attached hydrogen (secondary N) is 1. The van der Waals surface area contributed by atoms with Crippen LogP contribution in [0.3, 0.4) is 0 Å². The van der Waals surface area contributed by atoms with Crippen molar-refractivity contribution in [2.75, 3.05) is 19.4 Å². The van der Waals surface area contributed by atoms with Crippen LogP contribution in [0, 0.1) is 0 Å². The summed E-state index contributed by atoms with van der Waals surface area (Å²) in [5.41, 5.74) is 0.00181. The number of carbonyl (C=O) groups is 2. The minimum atomic E-state index is -4.54. The zero-order chi connectivity index (χ0) is 16.0. The van der Waals surface area contributed by atoms with Gasteiger partial charge in [0.25, 0.3) is 5.91 Å². The van der Waals surface area contributed by atoms with Crippen molar-refractivity contribution < 1.29 is 31.7 Å². The van der Waals surface area contributed by atoms with E-state index in [1.165, 1.54) is 24.5 Å². The molecule has 1 amide bonds. The van der Waals surface area contributed by atoms with Crippen molar-refractivity contribution in [3.63, 3.8) is 0 Å². The molecule has 0 saturated carbocycles. The zero-order valence-electron chi connectivity index (χ0n) is 10.9. The van der Waals surface area contributed by atoms with Crippen LogP contribution in [0.5, 0.6) is 0 Å². The van der Waals surface area contributed by atoms with Crippen molar-refractivity contribution in [3.8, 4) is 0 Å². The Kier molecular flexibility index (Phi) is 5.89. The minimum absolute atomic E-state index is 0.00181. The maximum atomic E-state index is 11.9. The highest BCUT2D eigenvalue weighted by Gasteiger charge is 2.27. The highest BCUT2D eigenvalue weighted by Crippen LogP contribution is 2.14. The van der Waals surface area contributed by atoms with E-state index in [9.17, 15) is 27.0 Å². The zero-order valence-corrected chi connectivity index (χ0v) is 11.7. The number of rotatable bonds is 5. The molecule has 1 aromatic carbocycles. The van der Waals surface area contributed by atoms with Gasteiger partial charge in [-0.05, 0) is 12.1 Å². The summed E-state index contributed by atoms with van der Waals surface area (Å²) >= 11 is 0. The number of hydrogen-bond acceptors (Lipinski definition) is 4. The van der Waals surface area contributed by atoms with Crippen LogP contribution >= 0.6 is 0 Å². The predicted molar refractivity (Wildman–Crippen MR) is 68.1 cm³/mol. The quantitative estimate of drug-likeness (QED) is 0.828. The minimum Gasteiger partial charge on any atom is -0.452 e. The molecule has 0 aliphatic carbocycles. The van der Waals surface area contributed by atoms with E-state index in [0.717, 1.165) is 0 Å². The molecular weight excluding hydrogens is 311 g/mol. The maximum absolute atomic E-state index is 11.9. The Morgan fingerprint density at radius 2 is 1.90 bits per heavy atom. The number of esters is 1. The molecule has 0 heterocycles. The molecule has 0 aliphatic heterocycles. The molecular formula is C12H12F3NO4S. The Morgan fingerprint density at radius 1 is 1.29 bits per heavy atom. The van der Waals surface area contributed by atoms with Crippen molar-refractivity contribution in [1.82, 2.24) is 5.32 Å². The van der Waals surface area contributed by atoms with Gasteiger partial charge in [0, 0.05) is 6.26 Å². The molecule has 1 N–H and O–H groups in total. The van der Waals surface area contributed by atoms with E-state index in [-0.39, 0.29) is 10.5 Å². The molecule has 0 saturated heterocycles. The van der Waals surface area contributed by atoms with Gasteiger partial charge in [-0.3, -0.25) is 9.00 Å². The molecule has 1 rings (SSSR count). The molecule has 5 nitrogen and oxygen atoms in total. The third kappa shape index (κ3) is 5.94. The van der Waals surface area contributed by atoms with Crippen LogP contribution in [-0.2, 0) is 20.3 Å². The van der Waals surface area contributed by atoms with Gasteiger partial charge in [0.1, 0.15) is 6.54 Å². The lowest BCUT2D eigenvalue weighted by atomic mass is 10.2. The molecule has 0 aromatic heterocycles. The van der Waals surface area contributed by atoms with Gasteiger partial charge in [-0.15, -0.1) is 0 Å². The summed E-state index contributed by atoms with van der Waals surface area (Å²) in [6.07, 6.45) is -3.17. The van der Waals surface area contributed by atoms with Crippen LogP contribution < -0.4 is 5.32 Å². The molecule has 0 unspecified atom stereocenters. The monoisotopic (exact) mass is 323 g/mol. The van der Waals surface area contributed by atoms with Gasteiger partial charge in [-0.2, -0.15) is 13.2 Å². The molecule has 0 radical (unpaired) electrons. The Hall–Kier alpha value is -1.90. The van der Waals surface area contributed by atoms with Crippen LogP contribution in [0.25, 0.3) is 0 Å². The molecule has 1 atom stereocenters. The van der Waals surface area contributed by atoms with E-state index in [1.807, 2.05) is 0 Å². The molecule has 0 bridgehead atoms. The SMILES string of the molecule is C[S@@](=O)c1ccccc1C(=O)OCC(=O)NCC(F)(F)F. The highest BCUT2D eigenvalue weighted by atomic mass is 32.2. The summed E-state index contributed by atoms with van der Waals surface area (Å²) in [6.45, 7) is -2.35. The summed E-state index contributed by atoms with van der Waals surface area (Å²) in [4.78, 5) is 23.0. The Morgan fingerprint density at radius 3 is 2.48 bits per heavy atom. The van der Waals surface area contributed by atoms with Crippen LogP contribution in [0.15, 0.2) is 29.2 Å². The van der Waals surface area contributed by atoms with Crippen LogP contribution in [-0.4, -0.2) is 41.7 Å². The number of carbonyl (C=O) groups excluding carboxylic acids is 2. The lowest BCUT2D eigenvalue weighted by Crippen LogP contribution is -2.36. The van der Waals surface area contributed by atoms with Gasteiger partial charge in [-0.25, -0.2) is 4.79 Å². The van der Waals surface area contributed by atoms with Crippen molar-refractivity contribution in [3.05, 3.63) is 29.8 Å². The number of amides is 1. The fourth-order valence-electron chi connectivity index (χ4n) is 1.34. The number of ether oxygens (including phenoxy) is 1. The number of benzene rings is 1. The van der Waals surface area contributed by atoms with Gasteiger partial charge in [0.15, 0.2) is 6.61 Å². The number of hydrogen-bond donors (Lipinski definition) is 1. The van der Waals surface area contributed by atoms with E-state index < -0.39 is 42.0 Å². The van der Waals surface area contributed by atoms with Gasteiger partial charge < -0.3 is 10.1 Å². The summed E-state index contributed by atoms with van der Waals surface area (Å²) < 4.78 is 51.6. The molecule has 21 heavy (non-hydrogen) atoms. The second-order valence-electron chi connectivity index (χ2n) is 3.92. The second-order valence-corrected chi connectivity index (χ2v) is 5.27. The van der Waals surface area contributed by atoms with E-state index in [0.29, 0.717) is 0 Å². The molecule has 9 heteroatoms. The predicted octanol–water partition coefficient (Wildman–Crippen LogP) is 1.26. The first-order valence-corrected chi connectivity index (χ1v) is 7.19. The molecule has 0 spiro atoms. The van der Waals surface area contributed by atoms with Crippen LogP contribution in [0.1, 0.15) is 10.4 Å². The Labute approximate surface area is 120 Å². The summed E-state index contributed by atoms with van der Waals surface area (Å²) in [7, 11) is -1.44. The Bertz CT molecular complexity index is 560. The van der Waals surface area contributed by atoms with Gasteiger partial charge in [-0.1, -0.05) is 12.1 Å². The first kappa shape index (κ1) is 17.2. The smallest absolute Gasteiger partial charge is 0.405 e. The second kappa shape index (κ2) is 7.21. The normalized spacial score (nSPS) is 12.6. The number of alkyl halides is 3. The first-order valence-electron chi connectivity index (χ1n) is 5.64. The molecule has 116 valence electrons. The largest absolute Gasteiger partial charge is 0.452 e. The van der Waals surface area contributed by atoms with E-state index >= 15 is 0 Å². The number of halogens is 3. The maximum Gasteiger partial charge on any atom is 0.405 e. The van der Waals surface area contributed by atoms with Crippen molar-refractivity contribution in [2.24, 2.45) is 0 Å². The topological polar surface area (TPSA) is 72.5 Å². The third-order valence-corrected chi connectivity index (χ3v) is 3.21. The highest BCUT2D eigenvalue weighted by molar-refractivity contribution is 7.84. The molecule has 0 aliphatic rings.